The van der Waals surface area contributed by atoms with Gasteiger partial charge in [-0.25, -0.2) is 0 Å². The number of nitrogens with zero attached hydrogens (tertiary/aromatic N) is 1. The molecule has 0 unspecified atom stereocenters. The van der Waals surface area contributed by atoms with Crippen molar-refractivity contribution in [1.29, 1.82) is 0 Å². The summed E-state index contributed by atoms with van der Waals surface area (Å²) in [6.07, 6.45) is 4.64. The maximum atomic E-state index is 3.97. The average molecular weight is 159 g/mol. The van der Waals surface area contributed by atoms with Gasteiger partial charge in [0.25, 0.3) is 0 Å². The summed E-state index contributed by atoms with van der Waals surface area (Å²) in [4.78, 5) is 3.97. The topological polar surface area (TPSA) is 12.4 Å². The van der Waals surface area contributed by atoms with Gasteiger partial charge in [0.15, 0.2) is 0 Å². The number of hydrogen-bond acceptors (Lipinski definition) is 1. The first-order chi connectivity index (χ1) is 5.90. The van der Waals surface area contributed by atoms with Crippen LogP contribution in [0.3, 0.4) is 0 Å². The Morgan fingerprint density at radius 2 is 1.92 bits per heavy atom. The Morgan fingerprint density at radius 1 is 1.25 bits per heavy atom. The SMILES string of the molecule is C/N=C/c1ccc(C2CC2)cc1. The molecule has 2 rings (SSSR count). The number of hydrogen-bond donors (Lipinski definition) is 0. The molecule has 0 aromatic heterocycles. The standard InChI is InChI=1S/C11H13N/c1-12-8-9-2-4-10(5-3-9)11-6-7-11/h2-5,8,11H,6-7H2,1H3/b12-8+. The molecule has 1 aliphatic rings. The molecule has 12 heavy (non-hydrogen) atoms. The minimum absolute atomic E-state index is 0.859. The molecule has 0 bridgehead atoms. The van der Waals surface area contributed by atoms with E-state index in [1.807, 2.05) is 6.21 Å². The Balaban J connectivity index is 2.18. The van der Waals surface area contributed by atoms with Crippen molar-refractivity contribution >= 4 is 6.21 Å². The molecule has 1 saturated carbocycles. The molecule has 0 atom stereocenters. The summed E-state index contributed by atoms with van der Waals surface area (Å²) < 4.78 is 0. The van der Waals surface area contributed by atoms with E-state index in [0.29, 0.717) is 0 Å². The van der Waals surface area contributed by atoms with Crippen molar-refractivity contribution in [3.63, 3.8) is 0 Å². The van der Waals surface area contributed by atoms with Crippen LogP contribution in [0, 0.1) is 0 Å². The van der Waals surface area contributed by atoms with Crippen LogP contribution in [0.1, 0.15) is 29.9 Å². The minimum Gasteiger partial charge on any atom is -0.296 e. The highest BCUT2D eigenvalue weighted by molar-refractivity contribution is 5.79. The fraction of sp³-hybridized carbons (Fsp3) is 0.364. The third kappa shape index (κ3) is 1.55. The third-order valence-electron chi connectivity index (χ3n) is 2.26. The molecule has 0 spiro atoms. The maximum absolute atomic E-state index is 3.97. The first-order valence-electron chi connectivity index (χ1n) is 4.42. The fourth-order valence-corrected chi connectivity index (χ4v) is 1.42. The van der Waals surface area contributed by atoms with Gasteiger partial charge in [0.2, 0.25) is 0 Å². The third-order valence-corrected chi connectivity index (χ3v) is 2.26. The van der Waals surface area contributed by atoms with Crippen LogP contribution in [-0.2, 0) is 0 Å². The van der Waals surface area contributed by atoms with Gasteiger partial charge < -0.3 is 0 Å². The number of rotatable bonds is 2. The van der Waals surface area contributed by atoms with Crippen LogP contribution in [-0.4, -0.2) is 13.3 Å². The summed E-state index contributed by atoms with van der Waals surface area (Å²) in [6.45, 7) is 0. The zero-order valence-corrected chi connectivity index (χ0v) is 7.33. The molecule has 0 aliphatic heterocycles. The van der Waals surface area contributed by atoms with Crippen LogP contribution in [0.2, 0.25) is 0 Å². The van der Waals surface area contributed by atoms with Crippen molar-refractivity contribution in [2.75, 3.05) is 7.05 Å². The fourth-order valence-electron chi connectivity index (χ4n) is 1.42. The van der Waals surface area contributed by atoms with Gasteiger partial charge in [0, 0.05) is 13.3 Å². The normalized spacial score (nSPS) is 17.1. The smallest absolute Gasteiger partial charge is 0.0281 e. The molecule has 0 N–H and O–H groups in total. The first-order valence-corrected chi connectivity index (χ1v) is 4.42. The predicted octanol–water partition coefficient (Wildman–Crippen LogP) is 2.61. The lowest BCUT2D eigenvalue weighted by atomic mass is 10.1. The van der Waals surface area contributed by atoms with E-state index in [-0.39, 0.29) is 0 Å². The van der Waals surface area contributed by atoms with Crippen molar-refractivity contribution in [3.05, 3.63) is 35.4 Å². The van der Waals surface area contributed by atoms with E-state index < -0.39 is 0 Å². The van der Waals surface area contributed by atoms with E-state index in [9.17, 15) is 0 Å². The van der Waals surface area contributed by atoms with E-state index >= 15 is 0 Å². The quantitative estimate of drug-likeness (QED) is 0.588. The molecule has 1 fully saturated rings. The molecule has 1 heteroatoms. The molecule has 0 saturated heterocycles. The summed E-state index contributed by atoms with van der Waals surface area (Å²) in [5.41, 5.74) is 2.69. The van der Waals surface area contributed by atoms with E-state index in [4.69, 9.17) is 0 Å². The number of aliphatic imine (C=N–C) groups is 1. The predicted molar refractivity (Wildman–Crippen MR) is 51.9 cm³/mol. The zero-order chi connectivity index (χ0) is 8.39. The Hall–Kier alpha value is -1.11. The van der Waals surface area contributed by atoms with Gasteiger partial charge in [0.05, 0.1) is 0 Å². The summed E-state index contributed by atoms with van der Waals surface area (Å²) in [5.74, 6) is 0.859. The number of benzene rings is 1. The average Bonchev–Trinajstić information content (AvgIpc) is 2.89. The largest absolute Gasteiger partial charge is 0.296 e. The summed E-state index contributed by atoms with van der Waals surface area (Å²) in [5, 5.41) is 0. The zero-order valence-electron chi connectivity index (χ0n) is 7.33. The molecule has 0 amide bonds. The first kappa shape index (κ1) is 7.53. The van der Waals surface area contributed by atoms with Crippen LogP contribution in [0.15, 0.2) is 29.3 Å². The van der Waals surface area contributed by atoms with Gasteiger partial charge in [-0.05, 0) is 29.9 Å². The lowest BCUT2D eigenvalue weighted by Gasteiger charge is -1.97. The molecule has 1 aliphatic carbocycles. The lowest BCUT2D eigenvalue weighted by Crippen LogP contribution is -1.82. The van der Waals surface area contributed by atoms with Gasteiger partial charge in [0.1, 0.15) is 0 Å². The second-order valence-corrected chi connectivity index (χ2v) is 3.33. The van der Waals surface area contributed by atoms with Crippen LogP contribution >= 0.6 is 0 Å². The molecule has 1 aromatic rings. The summed E-state index contributed by atoms with van der Waals surface area (Å²) >= 11 is 0. The molecule has 1 nitrogen and oxygen atoms in total. The summed E-state index contributed by atoms with van der Waals surface area (Å²) in [7, 11) is 1.80. The van der Waals surface area contributed by atoms with Gasteiger partial charge in [-0.3, -0.25) is 4.99 Å². The molecule has 0 heterocycles. The van der Waals surface area contributed by atoms with Crippen LogP contribution in [0.4, 0.5) is 0 Å². The van der Waals surface area contributed by atoms with E-state index in [2.05, 4.69) is 29.3 Å². The molecule has 62 valence electrons. The van der Waals surface area contributed by atoms with Crippen molar-refractivity contribution in [3.8, 4) is 0 Å². The second kappa shape index (κ2) is 3.10. The highest BCUT2D eigenvalue weighted by Crippen LogP contribution is 2.39. The molecule has 1 aromatic carbocycles. The van der Waals surface area contributed by atoms with Crippen molar-refractivity contribution < 1.29 is 0 Å². The van der Waals surface area contributed by atoms with Gasteiger partial charge in [-0.2, -0.15) is 0 Å². The minimum atomic E-state index is 0.859. The van der Waals surface area contributed by atoms with Gasteiger partial charge >= 0.3 is 0 Å². The van der Waals surface area contributed by atoms with Crippen LogP contribution < -0.4 is 0 Å². The monoisotopic (exact) mass is 159 g/mol. The van der Waals surface area contributed by atoms with E-state index in [1.165, 1.54) is 24.0 Å². The van der Waals surface area contributed by atoms with Crippen molar-refractivity contribution in [1.82, 2.24) is 0 Å². The van der Waals surface area contributed by atoms with Gasteiger partial charge in [-0.1, -0.05) is 24.3 Å². The Labute approximate surface area is 73.1 Å². The van der Waals surface area contributed by atoms with Crippen molar-refractivity contribution in [2.45, 2.75) is 18.8 Å². The lowest BCUT2D eigenvalue weighted by molar-refractivity contribution is 1.13. The summed E-state index contributed by atoms with van der Waals surface area (Å²) in [6, 6.07) is 8.71. The Morgan fingerprint density at radius 3 is 2.42 bits per heavy atom. The molecular formula is C11H13N. The molecular weight excluding hydrogens is 146 g/mol. The van der Waals surface area contributed by atoms with Gasteiger partial charge in [-0.15, -0.1) is 0 Å². The Kier molecular flexibility index (Phi) is 1.94. The highest BCUT2D eigenvalue weighted by atomic mass is 14.6. The maximum Gasteiger partial charge on any atom is 0.0281 e. The van der Waals surface area contributed by atoms with Crippen LogP contribution in [0.5, 0.6) is 0 Å². The molecule has 0 radical (unpaired) electrons. The Bertz CT molecular complexity index is 280. The van der Waals surface area contributed by atoms with Crippen molar-refractivity contribution in [2.24, 2.45) is 4.99 Å². The van der Waals surface area contributed by atoms with E-state index in [1.54, 1.807) is 7.05 Å². The highest BCUT2D eigenvalue weighted by Gasteiger charge is 2.22. The second-order valence-electron chi connectivity index (χ2n) is 3.33. The van der Waals surface area contributed by atoms with E-state index in [0.717, 1.165) is 5.92 Å². The van der Waals surface area contributed by atoms with Crippen LogP contribution in [0.25, 0.3) is 0 Å².